The number of para-hydroxylation sites is 1. The van der Waals surface area contributed by atoms with Crippen molar-refractivity contribution >= 4 is 5.69 Å². The van der Waals surface area contributed by atoms with Crippen molar-refractivity contribution in [2.24, 2.45) is 0 Å². The number of nitro groups is 1. The fraction of sp³-hybridized carbons (Fsp3) is 0.333. The minimum atomic E-state index is -0.614. The molecule has 0 aromatic heterocycles. The van der Waals surface area contributed by atoms with E-state index in [1.165, 1.54) is 12.1 Å². The summed E-state index contributed by atoms with van der Waals surface area (Å²) in [6, 6.07) is 4.50. The highest BCUT2D eigenvalue weighted by Crippen LogP contribution is 2.30. The van der Waals surface area contributed by atoms with Crippen LogP contribution in [0.3, 0.4) is 0 Å². The van der Waals surface area contributed by atoms with Crippen LogP contribution in [0.15, 0.2) is 18.2 Å². The maximum Gasteiger partial charge on any atom is 0.316 e. The van der Waals surface area contributed by atoms with Crippen molar-refractivity contribution in [3.63, 3.8) is 0 Å². The van der Waals surface area contributed by atoms with Gasteiger partial charge in [-0.3, -0.25) is 10.1 Å². The van der Waals surface area contributed by atoms with E-state index in [4.69, 9.17) is 4.74 Å². The van der Waals surface area contributed by atoms with Crippen molar-refractivity contribution < 1.29 is 14.8 Å². The van der Waals surface area contributed by atoms with Crippen LogP contribution in [0.2, 0.25) is 0 Å². The molecule has 0 fully saturated rings. The van der Waals surface area contributed by atoms with Gasteiger partial charge in [-0.25, -0.2) is 5.11 Å². The zero-order valence-corrected chi connectivity index (χ0v) is 7.73. The quantitative estimate of drug-likeness (QED) is 0.545. The van der Waals surface area contributed by atoms with Crippen LogP contribution >= 0.6 is 0 Å². The highest BCUT2D eigenvalue weighted by molar-refractivity contribution is 5.52. The summed E-state index contributed by atoms with van der Waals surface area (Å²) in [5.41, 5.74) is -0.0645. The van der Waals surface area contributed by atoms with Crippen LogP contribution in [0.1, 0.15) is 12.5 Å². The molecule has 0 saturated carbocycles. The summed E-state index contributed by atoms with van der Waals surface area (Å²) >= 11 is 0. The van der Waals surface area contributed by atoms with Crippen LogP contribution < -0.4 is 4.74 Å². The van der Waals surface area contributed by atoms with E-state index in [9.17, 15) is 15.2 Å². The number of hydrogen-bond donors (Lipinski definition) is 0. The van der Waals surface area contributed by atoms with Gasteiger partial charge in [-0.1, -0.05) is 6.07 Å². The molecule has 5 heteroatoms. The van der Waals surface area contributed by atoms with E-state index in [1.54, 1.807) is 13.0 Å². The minimum absolute atomic E-state index is 0.154. The van der Waals surface area contributed by atoms with Crippen LogP contribution in [0.25, 0.3) is 0 Å². The standard InChI is InChI=1S/C9H10NO4/c1-2-14-8-5-3-4-7(6-11)9(8)10(12)13/h3-5H,2,6H2,1H3. The zero-order chi connectivity index (χ0) is 10.6. The van der Waals surface area contributed by atoms with Gasteiger partial charge in [-0.15, -0.1) is 0 Å². The van der Waals surface area contributed by atoms with E-state index in [0.717, 1.165) is 0 Å². The molecular weight excluding hydrogens is 186 g/mol. The van der Waals surface area contributed by atoms with Gasteiger partial charge in [0.15, 0.2) is 5.75 Å². The Balaban J connectivity index is 3.20. The summed E-state index contributed by atoms with van der Waals surface area (Å²) in [5, 5.41) is 21.3. The first-order valence-corrected chi connectivity index (χ1v) is 4.17. The lowest BCUT2D eigenvalue weighted by molar-refractivity contribution is -0.387. The highest BCUT2D eigenvalue weighted by Gasteiger charge is 2.19. The summed E-state index contributed by atoms with van der Waals surface area (Å²) in [5.74, 6) is 0.158. The van der Waals surface area contributed by atoms with E-state index in [1.807, 2.05) is 0 Å². The van der Waals surface area contributed by atoms with Gasteiger partial charge in [0, 0.05) is 0 Å². The molecule has 1 aromatic carbocycles. The van der Waals surface area contributed by atoms with Crippen molar-refractivity contribution in [3.05, 3.63) is 33.9 Å². The van der Waals surface area contributed by atoms with E-state index in [-0.39, 0.29) is 17.0 Å². The van der Waals surface area contributed by atoms with Crippen molar-refractivity contribution in [3.8, 4) is 5.75 Å². The molecule has 0 aliphatic heterocycles. The van der Waals surface area contributed by atoms with E-state index >= 15 is 0 Å². The minimum Gasteiger partial charge on any atom is -0.487 e. The largest absolute Gasteiger partial charge is 0.487 e. The lowest BCUT2D eigenvalue weighted by Gasteiger charge is -2.05. The van der Waals surface area contributed by atoms with Crippen LogP contribution in [-0.4, -0.2) is 11.5 Å². The second-order valence-corrected chi connectivity index (χ2v) is 2.60. The van der Waals surface area contributed by atoms with Gasteiger partial charge >= 0.3 is 5.69 Å². The van der Waals surface area contributed by atoms with Crippen molar-refractivity contribution in [2.45, 2.75) is 13.5 Å². The third-order valence-electron chi connectivity index (χ3n) is 1.72. The predicted octanol–water partition coefficient (Wildman–Crippen LogP) is 1.92. The van der Waals surface area contributed by atoms with E-state index < -0.39 is 11.5 Å². The molecule has 0 aliphatic carbocycles. The average Bonchev–Trinajstić information content (AvgIpc) is 2.17. The normalized spacial score (nSPS) is 9.86. The average molecular weight is 196 g/mol. The number of rotatable bonds is 4. The topological polar surface area (TPSA) is 72.3 Å². The molecule has 1 aromatic rings. The Labute approximate surface area is 81.1 Å². The fourth-order valence-electron chi connectivity index (χ4n) is 1.16. The Kier molecular flexibility index (Phi) is 3.41. The molecule has 0 aliphatic rings. The summed E-state index contributed by atoms with van der Waals surface area (Å²) in [7, 11) is 0. The Bertz CT molecular complexity index is 338. The molecule has 1 rings (SSSR count). The third kappa shape index (κ3) is 2.00. The monoisotopic (exact) mass is 196 g/mol. The number of benzene rings is 1. The van der Waals surface area contributed by atoms with Crippen molar-refractivity contribution in [1.29, 1.82) is 0 Å². The Morgan fingerprint density at radius 1 is 1.50 bits per heavy atom. The zero-order valence-electron chi connectivity index (χ0n) is 7.73. The SMILES string of the molecule is CCOc1cccc(C[O])c1[N+](=O)[O-]. The van der Waals surface area contributed by atoms with Gasteiger partial charge in [0.25, 0.3) is 0 Å². The number of hydrogen-bond acceptors (Lipinski definition) is 3. The van der Waals surface area contributed by atoms with Crippen molar-refractivity contribution in [2.75, 3.05) is 6.61 Å². The fourth-order valence-corrected chi connectivity index (χ4v) is 1.16. The summed E-state index contributed by atoms with van der Waals surface area (Å²) in [6.45, 7) is 1.45. The van der Waals surface area contributed by atoms with Crippen LogP contribution in [0.5, 0.6) is 5.75 Å². The van der Waals surface area contributed by atoms with Crippen LogP contribution in [-0.2, 0) is 11.7 Å². The summed E-state index contributed by atoms with van der Waals surface area (Å²) in [4.78, 5) is 10.1. The summed E-state index contributed by atoms with van der Waals surface area (Å²) < 4.78 is 5.06. The molecule has 0 N–H and O–H groups in total. The molecule has 5 nitrogen and oxygen atoms in total. The Morgan fingerprint density at radius 3 is 2.71 bits per heavy atom. The highest BCUT2D eigenvalue weighted by atomic mass is 16.6. The van der Waals surface area contributed by atoms with Gasteiger partial charge in [0.05, 0.1) is 17.1 Å². The number of nitrogens with zero attached hydrogens (tertiary/aromatic N) is 1. The van der Waals surface area contributed by atoms with Gasteiger partial charge in [-0.2, -0.15) is 0 Å². The number of nitro benzene ring substituents is 1. The first-order chi connectivity index (χ1) is 6.70. The third-order valence-corrected chi connectivity index (χ3v) is 1.72. The second kappa shape index (κ2) is 4.57. The maximum absolute atomic E-state index is 10.7. The number of ether oxygens (including phenoxy) is 1. The Hall–Kier alpha value is -1.62. The molecule has 0 bridgehead atoms. The molecule has 0 spiro atoms. The first kappa shape index (κ1) is 10.5. The summed E-state index contributed by atoms with van der Waals surface area (Å²) in [6.07, 6.45) is 0. The molecule has 0 atom stereocenters. The molecule has 0 saturated heterocycles. The van der Waals surface area contributed by atoms with Gasteiger partial charge in [0.1, 0.15) is 6.61 Å². The lowest BCUT2D eigenvalue weighted by atomic mass is 10.2. The molecule has 0 heterocycles. The van der Waals surface area contributed by atoms with E-state index in [2.05, 4.69) is 0 Å². The van der Waals surface area contributed by atoms with Crippen molar-refractivity contribution in [1.82, 2.24) is 0 Å². The molecule has 0 amide bonds. The molecular formula is C9H10NO4. The molecule has 0 unspecified atom stereocenters. The smallest absolute Gasteiger partial charge is 0.316 e. The van der Waals surface area contributed by atoms with Gasteiger partial charge in [-0.05, 0) is 19.1 Å². The second-order valence-electron chi connectivity index (χ2n) is 2.60. The maximum atomic E-state index is 10.7. The molecule has 14 heavy (non-hydrogen) atoms. The first-order valence-electron chi connectivity index (χ1n) is 4.17. The van der Waals surface area contributed by atoms with Crippen LogP contribution in [0.4, 0.5) is 5.69 Å². The lowest BCUT2D eigenvalue weighted by Crippen LogP contribution is -2.00. The predicted molar refractivity (Wildman–Crippen MR) is 48.7 cm³/mol. The Morgan fingerprint density at radius 2 is 2.21 bits per heavy atom. The van der Waals surface area contributed by atoms with Gasteiger partial charge in [0.2, 0.25) is 0 Å². The molecule has 1 radical (unpaired) electrons. The van der Waals surface area contributed by atoms with Gasteiger partial charge < -0.3 is 4.74 Å². The van der Waals surface area contributed by atoms with Crippen LogP contribution in [0, 0.1) is 10.1 Å². The molecule has 75 valence electrons. The van der Waals surface area contributed by atoms with E-state index in [0.29, 0.717) is 6.61 Å².